The fourth-order valence-corrected chi connectivity index (χ4v) is 2.77. The van der Waals surface area contributed by atoms with Gasteiger partial charge in [-0.1, -0.05) is 96.8 Å². The first-order valence-corrected chi connectivity index (χ1v) is 12.5. The second kappa shape index (κ2) is 31.2. The van der Waals surface area contributed by atoms with E-state index >= 15 is 0 Å². The molecule has 33 heavy (non-hydrogen) atoms. The Balaban J connectivity index is -0.000000611. The summed E-state index contributed by atoms with van der Waals surface area (Å²) in [5.74, 6) is -1.09. The Labute approximate surface area is 200 Å². The molecule has 0 aliphatic carbocycles. The lowest BCUT2D eigenvalue weighted by molar-refractivity contribution is -0.146. The number of rotatable bonds is 20. The molecule has 0 aliphatic rings. The zero-order chi connectivity index (χ0) is 25.7. The average Bonchev–Trinajstić information content (AvgIpc) is 2.83. The fraction of sp³-hybridized carbons (Fsp3) is 0.958. The molecule has 0 saturated carbocycles. The predicted octanol–water partition coefficient (Wildman–Crippen LogP) is 1.97. The van der Waals surface area contributed by atoms with Gasteiger partial charge in [-0.3, -0.25) is 0 Å². The number of aliphatic hydroxyl groups excluding tert-OH is 7. The summed E-state index contributed by atoms with van der Waals surface area (Å²) in [5.41, 5.74) is 0. The van der Waals surface area contributed by atoms with Crippen molar-refractivity contribution in [3.8, 4) is 0 Å². The molecule has 202 valence electrons. The van der Waals surface area contributed by atoms with E-state index in [2.05, 4.69) is 6.92 Å². The van der Waals surface area contributed by atoms with Gasteiger partial charge >= 0.3 is 5.97 Å². The number of aliphatic hydroxyl groups is 7. The van der Waals surface area contributed by atoms with Crippen LogP contribution in [0.1, 0.15) is 103 Å². The number of carboxylic acids is 1. The summed E-state index contributed by atoms with van der Waals surface area (Å²) >= 11 is 0. The summed E-state index contributed by atoms with van der Waals surface area (Å²) in [6.07, 6.45) is 15.4. The molecule has 9 heteroatoms. The van der Waals surface area contributed by atoms with Crippen molar-refractivity contribution in [1.29, 1.82) is 0 Å². The number of hydrogen-bond acceptors (Lipinski definition) is 8. The maximum Gasteiger partial charge on any atom is 0.332 e. The zero-order valence-corrected chi connectivity index (χ0v) is 20.7. The van der Waals surface area contributed by atoms with Crippen molar-refractivity contribution in [2.24, 2.45) is 0 Å². The maximum atomic E-state index is 10.4. The first-order valence-electron chi connectivity index (χ1n) is 12.5. The normalized spacial score (nSPS) is 11.6. The summed E-state index contributed by atoms with van der Waals surface area (Å²) in [6.45, 7) is 0.800. The SMILES string of the molecule is CCCCCCCCCCCCCCCCC(O)C(=O)O.OCC(O)CO.OCC(O)CO. The third kappa shape index (κ3) is 35.9. The summed E-state index contributed by atoms with van der Waals surface area (Å²) in [4.78, 5) is 10.4. The van der Waals surface area contributed by atoms with Crippen molar-refractivity contribution in [3.05, 3.63) is 0 Å². The van der Waals surface area contributed by atoms with Crippen LogP contribution in [0.3, 0.4) is 0 Å². The van der Waals surface area contributed by atoms with Crippen LogP contribution in [0.2, 0.25) is 0 Å². The van der Waals surface area contributed by atoms with Crippen LogP contribution in [-0.2, 0) is 4.79 Å². The van der Waals surface area contributed by atoms with E-state index in [1.807, 2.05) is 0 Å². The van der Waals surface area contributed by atoms with Crippen LogP contribution in [0.15, 0.2) is 0 Å². The summed E-state index contributed by atoms with van der Waals surface area (Å²) in [6, 6.07) is 0. The second-order valence-corrected chi connectivity index (χ2v) is 8.28. The molecule has 0 aromatic heterocycles. The first-order chi connectivity index (χ1) is 15.8. The highest BCUT2D eigenvalue weighted by Crippen LogP contribution is 2.13. The molecule has 0 rings (SSSR count). The van der Waals surface area contributed by atoms with Gasteiger partial charge in [0.15, 0.2) is 6.10 Å². The third-order valence-electron chi connectivity index (χ3n) is 4.96. The molecule has 0 amide bonds. The first kappa shape index (κ1) is 36.8. The van der Waals surface area contributed by atoms with Crippen LogP contribution in [-0.4, -0.2) is 91.6 Å². The van der Waals surface area contributed by atoms with Crippen molar-refractivity contribution in [3.63, 3.8) is 0 Å². The summed E-state index contributed by atoms with van der Waals surface area (Å²) < 4.78 is 0. The number of unbranched alkanes of at least 4 members (excludes halogenated alkanes) is 13. The van der Waals surface area contributed by atoms with Crippen LogP contribution < -0.4 is 0 Å². The molecule has 0 heterocycles. The van der Waals surface area contributed by atoms with Crippen molar-refractivity contribution >= 4 is 5.97 Å². The lowest BCUT2D eigenvalue weighted by Crippen LogP contribution is -2.18. The smallest absolute Gasteiger partial charge is 0.332 e. The highest BCUT2D eigenvalue weighted by Gasteiger charge is 2.11. The highest BCUT2D eigenvalue weighted by molar-refractivity contribution is 5.71. The monoisotopic (exact) mass is 484 g/mol. The lowest BCUT2D eigenvalue weighted by Gasteiger charge is -2.05. The molecular weight excluding hydrogens is 432 g/mol. The van der Waals surface area contributed by atoms with Gasteiger partial charge in [0.1, 0.15) is 12.2 Å². The molecule has 0 aromatic carbocycles. The standard InChI is InChI=1S/C18H36O3.2C3H8O3/c1-2-3-4-5-6-7-8-9-10-11-12-13-14-15-16-17(19)18(20)21;2*4-1-3(6)2-5/h17,19H,2-16H2,1H3,(H,20,21);2*3-6H,1-2H2. The van der Waals surface area contributed by atoms with Gasteiger partial charge in [0.25, 0.3) is 0 Å². The minimum atomic E-state index is -1.16. The van der Waals surface area contributed by atoms with Gasteiger partial charge < -0.3 is 40.9 Å². The minimum absolute atomic E-state index is 0.365. The second-order valence-electron chi connectivity index (χ2n) is 8.28. The Morgan fingerprint density at radius 1 is 0.545 bits per heavy atom. The molecule has 0 radical (unpaired) electrons. The van der Waals surface area contributed by atoms with Crippen molar-refractivity contribution in [2.45, 2.75) is 122 Å². The van der Waals surface area contributed by atoms with E-state index in [0.29, 0.717) is 6.42 Å². The van der Waals surface area contributed by atoms with Gasteiger partial charge in [0, 0.05) is 0 Å². The highest BCUT2D eigenvalue weighted by atomic mass is 16.4. The molecule has 8 N–H and O–H groups in total. The van der Waals surface area contributed by atoms with Crippen molar-refractivity contribution < 1.29 is 45.6 Å². The van der Waals surface area contributed by atoms with Gasteiger partial charge in [-0.05, 0) is 6.42 Å². The van der Waals surface area contributed by atoms with E-state index in [1.54, 1.807) is 0 Å². The molecule has 0 fully saturated rings. The van der Waals surface area contributed by atoms with E-state index in [9.17, 15) is 4.79 Å². The van der Waals surface area contributed by atoms with E-state index in [1.165, 1.54) is 77.0 Å². The number of hydrogen-bond donors (Lipinski definition) is 8. The molecule has 9 nitrogen and oxygen atoms in total. The van der Waals surface area contributed by atoms with E-state index in [-0.39, 0.29) is 26.4 Å². The molecule has 0 saturated heterocycles. The number of carboxylic acid groups (broad SMARTS) is 1. The Hall–Kier alpha value is -0.810. The quantitative estimate of drug-likeness (QED) is 0.120. The van der Waals surface area contributed by atoms with Gasteiger partial charge in [-0.15, -0.1) is 0 Å². The van der Waals surface area contributed by atoms with Crippen LogP contribution in [0.5, 0.6) is 0 Å². The van der Waals surface area contributed by atoms with Crippen molar-refractivity contribution in [2.75, 3.05) is 26.4 Å². The van der Waals surface area contributed by atoms with E-state index in [4.69, 9.17) is 40.9 Å². The molecule has 0 aliphatic heterocycles. The molecule has 1 atom stereocenters. The number of aliphatic carboxylic acids is 1. The van der Waals surface area contributed by atoms with E-state index < -0.39 is 24.3 Å². The van der Waals surface area contributed by atoms with Gasteiger partial charge in [0.2, 0.25) is 0 Å². The van der Waals surface area contributed by atoms with Crippen LogP contribution >= 0.6 is 0 Å². The van der Waals surface area contributed by atoms with E-state index in [0.717, 1.165) is 12.8 Å². The molecule has 0 bridgehead atoms. The summed E-state index contributed by atoms with van der Waals surface area (Å²) in [5, 5.41) is 65.7. The Morgan fingerprint density at radius 3 is 1.03 bits per heavy atom. The van der Waals surface area contributed by atoms with Crippen LogP contribution in [0.4, 0.5) is 0 Å². The van der Waals surface area contributed by atoms with Crippen LogP contribution in [0, 0.1) is 0 Å². The molecule has 0 spiro atoms. The molecule has 1 unspecified atom stereocenters. The molecular formula is C24H52O9. The average molecular weight is 485 g/mol. The fourth-order valence-electron chi connectivity index (χ4n) is 2.77. The Morgan fingerprint density at radius 2 is 0.818 bits per heavy atom. The molecule has 0 aromatic rings. The minimum Gasteiger partial charge on any atom is -0.479 e. The van der Waals surface area contributed by atoms with Gasteiger partial charge in [0.05, 0.1) is 26.4 Å². The van der Waals surface area contributed by atoms with Crippen LogP contribution in [0.25, 0.3) is 0 Å². The third-order valence-corrected chi connectivity index (χ3v) is 4.96. The lowest BCUT2D eigenvalue weighted by atomic mass is 10.0. The predicted molar refractivity (Wildman–Crippen MR) is 129 cm³/mol. The Kier molecular flexibility index (Phi) is 34.7. The largest absolute Gasteiger partial charge is 0.479 e. The van der Waals surface area contributed by atoms with Gasteiger partial charge in [-0.25, -0.2) is 4.79 Å². The van der Waals surface area contributed by atoms with Gasteiger partial charge in [-0.2, -0.15) is 0 Å². The Bertz CT molecular complexity index is 352. The number of carbonyl (C=O) groups is 1. The maximum absolute atomic E-state index is 10.4. The topological polar surface area (TPSA) is 179 Å². The van der Waals surface area contributed by atoms with Crippen molar-refractivity contribution in [1.82, 2.24) is 0 Å². The zero-order valence-electron chi connectivity index (χ0n) is 20.7. The summed E-state index contributed by atoms with van der Waals surface area (Å²) in [7, 11) is 0.